The number of hydrogen-bond acceptors (Lipinski definition) is 2. The average Bonchev–Trinajstić information content (AvgIpc) is 3.20. The van der Waals surface area contributed by atoms with E-state index in [1.165, 1.54) is 43.0 Å². The lowest BCUT2D eigenvalue weighted by Crippen LogP contribution is -2.39. The molecule has 1 aliphatic heterocycles. The Labute approximate surface area is 109 Å². The van der Waals surface area contributed by atoms with E-state index in [1.807, 2.05) is 11.8 Å². The van der Waals surface area contributed by atoms with Gasteiger partial charge in [-0.3, -0.25) is 4.99 Å². The number of thioether (sulfide) groups is 1. The second-order valence-corrected chi connectivity index (χ2v) is 7.28. The largest absolute Gasteiger partial charge is 0.359 e. The summed E-state index contributed by atoms with van der Waals surface area (Å²) in [5, 5.41) is 4.81. The summed E-state index contributed by atoms with van der Waals surface area (Å²) in [7, 11) is 0. The first-order valence-corrected chi connectivity index (χ1v) is 8.14. The van der Waals surface area contributed by atoms with Crippen molar-refractivity contribution in [3.05, 3.63) is 0 Å². The Kier molecular flexibility index (Phi) is 3.14. The topological polar surface area (TPSA) is 24.4 Å². The van der Waals surface area contributed by atoms with Crippen molar-refractivity contribution in [2.75, 3.05) is 12.3 Å². The van der Waals surface area contributed by atoms with Crippen LogP contribution in [0, 0.1) is 17.8 Å². The smallest absolute Gasteiger partial charge is 0.157 e. The third kappa shape index (κ3) is 2.81. The maximum Gasteiger partial charge on any atom is 0.157 e. The Morgan fingerprint density at radius 1 is 1.35 bits per heavy atom. The van der Waals surface area contributed by atoms with Gasteiger partial charge < -0.3 is 5.32 Å². The minimum atomic E-state index is 0.290. The maximum absolute atomic E-state index is 4.86. The van der Waals surface area contributed by atoms with E-state index in [0.29, 0.717) is 0 Å². The Morgan fingerprint density at radius 3 is 2.47 bits per heavy atom. The molecule has 0 spiro atoms. The van der Waals surface area contributed by atoms with Crippen LogP contribution in [-0.2, 0) is 0 Å². The zero-order valence-electron chi connectivity index (χ0n) is 11.0. The normalized spacial score (nSPS) is 35.6. The predicted octanol–water partition coefficient (Wildman–Crippen LogP) is 3.28. The Morgan fingerprint density at radius 2 is 2.00 bits per heavy atom. The number of nitrogens with zero attached hydrogens (tertiary/aromatic N) is 1. The molecule has 2 saturated carbocycles. The summed E-state index contributed by atoms with van der Waals surface area (Å²) in [5.74, 6) is 4.14. The van der Waals surface area contributed by atoms with E-state index in [2.05, 4.69) is 19.2 Å². The van der Waals surface area contributed by atoms with Crippen LogP contribution >= 0.6 is 11.8 Å². The summed E-state index contributed by atoms with van der Waals surface area (Å²) in [6, 6.07) is 0. The number of rotatable bonds is 5. The average molecular weight is 252 g/mol. The molecule has 2 aliphatic carbocycles. The summed E-state index contributed by atoms with van der Waals surface area (Å²) < 4.78 is 0. The number of amidine groups is 1. The van der Waals surface area contributed by atoms with Crippen molar-refractivity contribution >= 4 is 16.9 Å². The molecule has 0 aromatic rings. The fraction of sp³-hybridized carbons (Fsp3) is 0.929. The first-order chi connectivity index (χ1) is 8.20. The number of nitrogens with one attached hydrogen (secondary N) is 1. The highest BCUT2D eigenvalue weighted by molar-refractivity contribution is 8.14. The van der Waals surface area contributed by atoms with Crippen molar-refractivity contribution in [2.24, 2.45) is 22.7 Å². The van der Waals surface area contributed by atoms with E-state index in [1.54, 1.807) is 0 Å². The van der Waals surface area contributed by atoms with Crippen LogP contribution in [0.15, 0.2) is 4.99 Å². The number of aliphatic imine (C=N–C) groups is 1. The standard InChI is InChI=1S/C14H24N2S/c1-3-14(2)9-17-13(16-14)15-8-12(10-4-5-10)11-6-7-11/h10-12H,3-9H2,1-2H3,(H,15,16). The van der Waals surface area contributed by atoms with Crippen molar-refractivity contribution in [3.8, 4) is 0 Å². The van der Waals surface area contributed by atoms with E-state index >= 15 is 0 Å². The lowest BCUT2D eigenvalue weighted by atomic mass is 9.98. The second kappa shape index (κ2) is 4.49. The minimum absolute atomic E-state index is 0.290. The quantitative estimate of drug-likeness (QED) is 0.812. The van der Waals surface area contributed by atoms with Gasteiger partial charge in [0.05, 0.1) is 0 Å². The molecule has 3 heteroatoms. The molecule has 0 bridgehead atoms. The Hall–Kier alpha value is -0.180. The van der Waals surface area contributed by atoms with Gasteiger partial charge in [-0.05, 0) is 56.8 Å². The lowest BCUT2D eigenvalue weighted by molar-refractivity contribution is 0.416. The molecule has 0 aromatic carbocycles. The zero-order chi connectivity index (χ0) is 11.9. The molecule has 1 heterocycles. The molecular weight excluding hydrogens is 228 g/mol. The van der Waals surface area contributed by atoms with Gasteiger partial charge in [0.2, 0.25) is 0 Å². The second-order valence-electron chi connectivity index (χ2n) is 6.31. The molecule has 96 valence electrons. The van der Waals surface area contributed by atoms with E-state index in [-0.39, 0.29) is 5.54 Å². The van der Waals surface area contributed by atoms with Crippen molar-refractivity contribution in [1.82, 2.24) is 5.32 Å². The van der Waals surface area contributed by atoms with Gasteiger partial charge in [-0.2, -0.15) is 0 Å². The minimum Gasteiger partial charge on any atom is -0.359 e. The molecule has 2 nitrogen and oxygen atoms in total. The third-order valence-electron chi connectivity index (χ3n) is 4.62. The highest BCUT2D eigenvalue weighted by Crippen LogP contribution is 2.49. The predicted molar refractivity (Wildman–Crippen MR) is 75.5 cm³/mol. The van der Waals surface area contributed by atoms with Gasteiger partial charge in [-0.15, -0.1) is 0 Å². The van der Waals surface area contributed by atoms with Gasteiger partial charge >= 0.3 is 0 Å². The Bertz CT molecular complexity index is 308. The highest BCUT2D eigenvalue weighted by atomic mass is 32.2. The molecule has 17 heavy (non-hydrogen) atoms. The van der Waals surface area contributed by atoms with Crippen LogP contribution in [0.2, 0.25) is 0 Å². The molecule has 1 N–H and O–H groups in total. The van der Waals surface area contributed by atoms with Crippen molar-refractivity contribution < 1.29 is 0 Å². The molecule has 0 aromatic heterocycles. The number of hydrogen-bond donors (Lipinski definition) is 1. The molecular formula is C14H24N2S. The van der Waals surface area contributed by atoms with E-state index in [9.17, 15) is 0 Å². The summed E-state index contributed by atoms with van der Waals surface area (Å²) >= 11 is 1.92. The summed E-state index contributed by atoms with van der Waals surface area (Å²) in [6.07, 6.45) is 7.07. The highest BCUT2D eigenvalue weighted by Gasteiger charge is 2.41. The van der Waals surface area contributed by atoms with Gasteiger partial charge in [-0.1, -0.05) is 18.7 Å². The summed E-state index contributed by atoms with van der Waals surface area (Å²) in [6.45, 7) is 5.65. The van der Waals surface area contributed by atoms with Gasteiger partial charge in [0, 0.05) is 17.8 Å². The monoisotopic (exact) mass is 252 g/mol. The molecule has 3 fully saturated rings. The van der Waals surface area contributed by atoms with Crippen molar-refractivity contribution in [1.29, 1.82) is 0 Å². The summed E-state index contributed by atoms with van der Waals surface area (Å²) in [4.78, 5) is 4.86. The molecule has 0 radical (unpaired) electrons. The molecule has 1 unspecified atom stereocenters. The van der Waals surface area contributed by atoms with E-state index in [0.717, 1.165) is 24.3 Å². The van der Waals surface area contributed by atoms with Gasteiger partial charge in [0.15, 0.2) is 5.17 Å². The van der Waals surface area contributed by atoms with E-state index < -0.39 is 0 Å². The lowest BCUT2D eigenvalue weighted by Gasteiger charge is -2.21. The van der Waals surface area contributed by atoms with Crippen molar-refractivity contribution in [2.45, 2.75) is 51.5 Å². The SMILES string of the molecule is CCC1(C)CSC(=NCC(C2CC2)C2CC2)N1. The van der Waals surface area contributed by atoms with Gasteiger partial charge in [0.1, 0.15) is 0 Å². The van der Waals surface area contributed by atoms with Crippen LogP contribution in [0.5, 0.6) is 0 Å². The fourth-order valence-electron chi connectivity index (χ4n) is 2.75. The maximum atomic E-state index is 4.86. The van der Waals surface area contributed by atoms with Crippen LogP contribution in [0.4, 0.5) is 0 Å². The molecule has 1 saturated heterocycles. The molecule has 3 rings (SSSR count). The summed E-state index contributed by atoms with van der Waals surface area (Å²) in [5.41, 5.74) is 0.290. The van der Waals surface area contributed by atoms with Crippen LogP contribution in [0.3, 0.4) is 0 Å². The van der Waals surface area contributed by atoms with E-state index in [4.69, 9.17) is 4.99 Å². The van der Waals surface area contributed by atoms with Gasteiger partial charge in [0.25, 0.3) is 0 Å². The van der Waals surface area contributed by atoms with Crippen LogP contribution in [-0.4, -0.2) is 23.0 Å². The van der Waals surface area contributed by atoms with Crippen LogP contribution < -0.4 is 5.32 Å². The van der Waals surface area contributed by atoms with Gasteiger partial charge in [-0.25, -0.2) is 0 Å². The first kappa shape index (κ1) is 11.9. The Balaban J connectivity index is 1.55. The molecule has 3 aliphatic rings. The molecule has 0 amide bonds. The van der Waals surface area contributed by atoms with Crippen LogP contribution in [0.25, 0.3) is 0 Å². The zero-order valence-corrected chi connectivity index (χ0v) is 11.9. The van der Waals surface area contributed by atoms with Crippen molar-refractivity contribution in [3.63, 3.8) is 0 Å². The van der Waals surface area contributed by atoms with Crippen LogP contribution in [0.1, 0.15) is 46.0 Å². The fourth-order valence-corrected chi connectivity index (χ4v) is 3.97. The first-order valence-electron chi connectivity index (χ1n) is 7.15. The third-order valence-corrected chi connectivity index (χ3v) is 5.90. The molecule has 1 atom stereocenters.